The van der Waals surface area contributed by atoms with E-state index < -0.39 is 5.41 Å². The first-order valence-electron chi connectivity index (χ1n) is 21.9. The molecule has 0 aliphatic heterocycles. The zero-order chi connectivity index (χ0) is 42.2. The van der Waals surface area contributed by atoms with Gasteiger partial charge in [-0.05, 0) is 102 Å². The van der Waals surface area contributed by atoms with Crippen molar-refractivity contribution in [2.24, 2.45) is 0 Å². The van der Waals surface area contributed by atoms with E-state index in [0.29, 0.717) is 5.82 Å². The van der Waals surface area contributed by atoms with E-state index in [0.717, 1.165) is 71.7 Å². The molecule has 64 heavy (non-hydrogen) atoms. The molecule has 3 nitrogen and oxygen atoms in total. The quantitative estimate of drug-likeness (QED) is 0.168. The van der Waals surface area contributed by atoms with Gasteiger partial charge in [-0.25, -0.2) is 9.97 Å². The number of rotatable bonds is 6. The smallest absolute Gasteiger partial charge is 0.161 e. The molecule has 0 saturated carbocycles. The van der Waals surface area contributed by atoms with Gasteiger partial charge in [-0.1, -0.05) is 194 Å². The molecule has 3 heteroatoms. The number of para-hydroxylation sites is 1. The minimum atomic E-state index is -0.446. The van der Waals surface area contributed by atoms with E-state index >= 15 is 0 Å². The maximum atomic E-state index is 6.37. The molecule has 0 atom stereocenters. The Balaban J connectivity index is 0.998. The predicted octanol–water partition coefficient (Wildman–Crippen LogP) is 15.7. The molecule has 10 aromatic carbocycles. The molecular weight excluding hydrogens is 777 g/mol. The van der Waals surface area contributed by atoms with Crippen molar-refractivity contribution in [2.75, 3.05) is 0 Å². The zero-order valence-corrected chi connectivity index (χ0v) is 34.7. The minimum Gasteiger partial charge on any atom is -0.456 e. The first-order chi connectivity index (χ1) is 31.7. The highest BCUT2D eigenvalue weighted by molar-refractivity contribution is 6.07. The Bertz CT molecular complexity index is 3750. The summed E-state index contributed by atoms with van der Waals surface area (Å²) in [6.07, 6.45) is 0. The van der Waals surface area contributed by atoms with E-state index in [-0.39, 0.29) is 0 Å². The third kappa shape index (κ3) is 5.47. The molecule has 0 bridgehead atoms. The van der Waals surface area contributed by atoms with Gasteiger partial charge in [0, 0.05) is 27.5 Å². The van der Waals surface area contributed by atoms with Crippen molar-refractivity contribution in [3.8, 4) is 56.2 Å². The van der Waals surface area contributed by atoms with Gasteiger partial charge in [-0.3, -0.25) is 0 Å². The van der Waals surface area contributed by atoms with Crippen molar-refractivity contribution in [1.82, 2.24) is 9.97 Å². The summed E-state index contributed by atoms with van der Waals surface area (Å²) in [6, 6.07) is 82.9. The van der Waals surface area contributed by atoms with Crippen LogP contribution in [0, 0.1) is 0 Å². The molecule has 0 amide bonds. The average molecular weight is 815 g/mol. The highest BCUT2D eigenvalue weighted by Gasteiger charge is 2.46. The summed E-state index contributed by atoms with van der Waals surface area (Å²) in [5.41, 5.74) is 15.9. The Morgan fingerprint density at radius 3 is 1.70 bits per heavy atom. The van der Waals surface area contributed by atoms with Crippen LogP contribution in [0.1, 0.15) is 22.3 Å². The summed E-state index contributed by atoms with van der Waals surface area (Å²) < 4.78 is 6.37. The van der Waals surface area contributed by atoms with Crippen molar-refractivity contribution in [3.63, 3.8) is 0 Å². The van der Waals surface area contributed by atoms with Gasteiger partial charge in [0.1, 0.15) is 11.2 Å². The van der Waals surface area contributed by atoms with E-state index in [1.54, 1.807) is 0 Å². The second-order valence-corrected chi connectivity index (χ2v) is 16.8. The number of furan rings is 1. The van der Waals surface area contributed by atoms with Gasteiger partial charge in [-0.2, -0.15) is 0 Å². The third-order valence-electron chi connectivity index (χ3n) is 13.4. The monoisotopic (exact) mass is 814 g/mol. The molecule has 0 N–H and O–H groups in total. The van der Waals surface area contributed by atoms with Crippen LogP contribution in [0.25, 0.3) is 99.6 Å². The maximum absolute atomic E-state index is 6.37. The molecular formula is C61H38N2O. The average Bonchev–Trinajstić information content (AvgIpc) is 3.89. The minimum absolute atomic E-state index is 0.446. The number of nitrogens with zero attached hydrogens (tertiary/aromatic N) is 2. The lowest BCUT2D eigenvalue weighted by Gasteiger charge is -2.33. The highest BCUT2D eigenvalue weighted by atomic mass is 16.3. The predicted molar refractivity (Wildman–Crippen MR) is 263 cm³/mol. The number of benzene rings is 10. The van der Waals surface area contributed by atoms with Crippen molar-refractivity contribution < 1.29 is 4.42 Å². The molecule has 0 fully saturated rings. The third-order valence-corrected chi connectivity index (χ3v) is 13.4. The molecule has 12 aromatic rings. The standard InChI is InChI=1S/C61H38N2O/c1-3-18-42(19-4-1)61(43-20-5-2-6-21-43)54-28-13-11-25-48(54)53-36-40(31-35-55(53)61)45-33-34-52(47-24-10-9-23-46(45)47)60-62-56(38-57(63-60)49-27-15-17-39-16-7-8-22-44(39)49)41-30-32-51-50-26-12-14-29-58(50)64-59(51)37-41/h1-38H. The molecule has 0 spiro atoms. The maximum Gasteiger partial charge on any atom is 0.161 e. The van der Waals surface area contributed by atoms with Gasteiger partial charge >= 0.3 is 0 Å². The second-order valence-electron chi connectivity index (χ2n) is 16.8. The Hall–Kier alpha value is -8.40. The lowest BCUT2D eigenvalue weighted by molar-refractivity contribution is 0.669. The molecule has 13 rings (SSSR count). The van der Waals surface area contributed by atoms with Crippen LogP contribution in [-0.4, -0.2) is 9.97 Å². The summed E-state index contributed by atoms with van der Waals surface area (Å²) >= 11 is 0. The van der Waals surface area contributed by atoms with Crippen molar-refractivity contribution >= 4 is 43.5 Å². The van der Waals surface area contributed by atoms with Crippen molar-refractivity contribution in [2.45, 2.75) is 5.41 Å². The summed E-state index contributed by atoms with van der Waals surface area (Å²) in [6.45, 7) is 0. The van der Waals surface area contributed by atoms with E-state index in [9.17, 15) is 0 Å². The lowest BCUT2D eigenvalue weighted by atomic mass is 9.67. The van der Waals surface area contributed by atoms with Gasteiger partial charge < -0.3 is 4.42 Å². The lowest BCUT2D eigenvalue weighted by Crippen LogP contribution is -2.28. The van der Waals surface area contributed by atoms with Crippen molar-refractivity contribution in [1.29, 1.82) is 0 Å². The van der Waals surface area contributed by atoms with Gasteiger partial charge in [0.25, 0.3) is 0 Å². The number of hydrogen-bond donors (Lipinski definition) is 0. The molecule has 1 aliphatic rings. The summed E-state index contributed by atoms with van der Waals surface area (Å²) in [5.74, 6) is 0.672. The summed E-state index contributed by atoms with van der Waals surface area (Å²) in [4.78, 5) is 10.8. The first-order valence-corrected chi connectivity index (χ1v) is 21.9. The van der Waals surface area contributed by atoms with Crippen LogP contribution in [0.5, 0.6) is 0 Å². The van der Waals surface area contributed by atoms with Gasteiger partial charge in [0.05, 0.1) is 16.8 Å². The Labute approximate surface area is 370 Å². The highest BCUT2D eigenvalue weighted by Crippen LogP contribution is 2.57. The summed E-state index contributed by atoms with van der Waals surface area (Å²) in [7, 11) is 0. The van der Waals surface area contributed by atoms with E-state index in [2.05, 4.69) is 218 Å². The van der Waals surface area contributed by atoms with Gasteiger partial charge in [-0.15, -0.1) is 0 Å². The second kappa shape index (κ2) is 14.3. The number of fused-ring (bicyclic) bond motifs is 8. The van der Waals surface area contributed by atoms with E-state index in [1.165, 1.54) is 44.3 Å². The fourth-order valence-electron chi connectivity index (χ4n) is 10.6. The zero-order valence-electron chi connectivity index (χ0n) is 34.7. The topological polar surface area (TPSA) is 38.9 Å². The van der Waals surface area contributed by atoms with Crippen LogP contribution in [0.15, 0.2) is 235 Å². The van der Waals surface area contributed by atoms with Crippen LogP contribution >= 0.6 is 0 Å². The molecule has 0 saturated heterocycles. The number of hydrogen-bond acceptors (Lipinski definition) is 3. The van der Waals surface area contributed by atoms with E-state index in [1.807, 2.05) is 12.1 Å². The van der Waals surface area contributed by atoms with Crippen LogP contribution < -0.4 is 0 Å². The van der Waals surface area contributed by atoms with Crippen LogP contribution in [0.2, 0.25) is 0 Å². The fourth-order valence-corrected chi connectivity index (χ4v) is 10.6. The molecule has 2 heterocycles. The summed E-state index contributed by atoms with van der Waals surface area (Å²) in [5, 5.41) is 6.75. The van der Waals surface area contributed by atoms with Gasteiger partial charge in [0.2, 0.25) is 0 Å². The van der Waals surface area contributed by atoms with Crippen LogP contribution in [-0.2, 0) is 5.41 Å². The van der Waals surface area contributed by atoms with E-state index in [4.69, 9.17) is 14.4 Å². The molecule has 0 unspecified atom stereocenters. The SMILES string of the molecule is c1ccc(C2(c3ccccc3)c3ccccc3-c3cc(-c4ccc(-c5nc(-c6ccc7c(c6)oc6ccccc67)cc(-c6cccc7ccccc67)n5)c5ccccc45)ccc32)cc1. The Morgan fingerprint density at radius 1 is 0.312 bits per heavy atom. The Morgan fingerprint density at radius 2 is 0.891 bits per heavy atom. The van der Waals surface area contributed by atoms with Gasteiger partial charge in [0.15, 0.2) is 5.82 Å². The number of aromatic nitrogens is 2. The Kier molecular flexibility index (Phi) is 8.13. The van der Waals surface area contributed by atoms with Crippen molar-refractivity contribution in [3.05, 3.63) is 253 Å². The molecule has 298 valence electrons. The molecule has 1 aliphatic carbocycles. The molecule has 2 aromatic heterocycles. The normalized spacial score (nSPS) is 12.8. The largest absolute Gasteiger partial charge is 0.456 e. The first kappa shape index (κ1) is 36.3. The molecule has 0 radical (unpaired) electrons. The fraction of sp³-hybridized carbons (Fsp3) is 0.0164. The van der Waals surface area contributed by atoms with Crippen LogP contribution in [0.3, 0.4) is 0 Å². The van der Waals surface area contributed by atoms with Crippen LogP contribution in [0.4, 0.5) is 0 Å².